The molecular formula is C15H13KO4S. The number of carbonyl (C=O) groups is 1. The average Bonchev–Trinajstić information content (AvgIpc) is 2.45. The molecule has 2 aromatic carbocycles. The maximum atomic E-state index is 12.1. The van der Waals surface area contributed by atoms with E-state index >= 15 is 0 Å². The standard InChI is InChI=1S/C15H14O4S.K/c16-14(12-7-3-1-4-8-12)11-15(20(17,18)19)13-9-5-2-6-10-13;/h1-10,15H,11H2,(H,17,18,19);/q;+1/p-1/t15-;/m1./s1. The van der Waals surface area contributed by atoms with Crippen molar-refractivity contribution in [3.05, 3.63) is 71.8 Å². The van der Waals surface area contributed by atoms with E-state index in [1.54, 1.807) is 60.7 Å². The van der Waals surface area contributed by atoms with Gasteiger partial charge in [-0.25, -0.2) is 8.42 Å². The molecule has 0 heterocycles. The molecule has 0 saturated carbocycles. The van der Waals surface area contributed by atoms with Crippen molar-refractivity contribution < 1.29 is 69.1 Å². The molecule has 0 aromatic heterocycles. The molecule has 0 fully saturated rings. The molecule has 1 atom stereocenters. The van der Waals surface area contributed by atoms with Gasteiger partial charge in [-0.1, -0.05) is 60.7 Å². The summed E-state index contributed by atoms with van der Waals surface area (Å²) >= 11 is 0. The van der Waals surface area contributed by atoms with E-state index in [1.165, 1.54) is 0 Å². The summed E-state index contributed by atoms with van der Waals surface area (Å²) < 4.78 is 34.2. The molecule has 104 valence electrons. The molecule has 0 spiro atoms. The summed E-state index contributed by atoms with van der Waals surface area (Å²) in [6, 6.07) is 16.4. The molecule has 21 heavy (non-hydrogen) atoms. The summed E-state index contributed by atoms with van der Waals surface area (Å²) in [4.78, 5) is 12.1. The Morgan fingerprint density at radius 1 is 0.952 bits per heavy atom. The van der Waals surface area contributed by atoms with Gasteiger partial charge in [0.15, 0.2) is 5.78 Å². The number of benzene rings is 2. The Labute approximate surface area is 166 Å². The molecule has 0 saturated heterocycles. The zero-order valence-electron chi connectivity index (χ0n) is 11.6. The first-order valence-electron chi connectivity index (χ1n) is 6.06. The summed E-state index contributed by atoms with van der Waals surface area (Å²) in [5.74, 6) is -0.362. The topological polar surface area (TPSA) is 74.3 Å². The smallest absolute Gasteiger partial charge is 0.747 e. The number of Topliss-reactive ketones (excluding diaryl/α,β-unsaturated/α-hetero) is 1. The van der Waals surface area contributed by atoms with Gasteiger partial charge >= 0.3 is 51.4 Å². The predicted molar refractivity (Wildman–Crippen MR) is 74.3 cm³/mol. The Balaban J connectivity index is 0.00000220. The van der Waals surface area contributed by atoms with Crippen LogP contribution in [0.15, 0.2) is 60.7 Å². The molecule has 0 aliphatic carbocycles. The molecule has 0 unspecified atom stereocenters. The molecule has 2 rings (SSSR count). The monoisotopic (exact) mass is 328 g/mol. The molecule has 0 bridgehead atoms. The molecule has 2 aromatic rings. The summed E-state index contributed by atoms with van der Waals surface area (Å²) in [7, 11) is -4.59. The van der Waals surface area contributed by atoms with Crippen molar-refractivity contribution in [3.8, 4) is 0 Å². The Bertz CT molecular complexity index is 684. The van der Waals surface area contributed by atoms with E-state index in [-0.39, 0.29) is 63.6 Å². The number of hydrogen-bond acceptors (Lipinski definition) is 4. The molecule has 0 amide bonds. The van der Waals surface area contributed by atoms with Crippen LogP contribution in [-0.4, -0.2) is 18.8 Å². The number of hydrogen-bond donors (Lipinski definition) is 0. The number of carbonyl (C=O) groups excluding carboxylic acids is 1. The van der Waals surface area contributed by atoms with Gasteiger partial charge in [-0.3, -0.25) is 4.79 Å². The van der Waals surface area contributed by atoms with Crippen molar-refractivity contribution in [2.45, 2.75) is 11.7 Å². The van der Waals surface area contributed by atoms with Crippen LogP contribution in [-0.2, 0) is 10.1 Å². The van der Waals surface area contributed by atoms with Gasteiger partial charge in [0, 0.05) is 12.0 Å². The van der Waals surface area contributed by atoms with Crippen LogP contribution >= 0.6 is 0 Å². The fraction of sp³-hybridized carbons (Fsp3) is 0.133. The van der Waals surface area contributed by atoms with Crippen molar-refractivity contribution in [1.82, 2.24) is 0 Å². The largest absolute Gasteiger partial charge is 1.00 e. The second-order valence-corrected chi connectivity index (χ2v) is 5.94. The van der Waals surface area contributed by atoms with E-state index in [9.17, 15) is 17.8 Å². The Morgan fingerprint density at radius 3 is 1.90 bits per heavy atom. The van der Waals surface area contributed by atoms with Gasteiger partial charge in [0.1, 0.15) is 10.1 Å². The van der Waals surface area contributed by atoms with Crippen molar-refractivity contribution in [2.75, 3.05) is 0 Å². The van der Waals surface area contributed by atoms with Gasteiger partial charge < -0.3 is 4.55 Å². The van der Waals surface area contributed by atoms with Gasteiger partial charge in [-0.15, -0.1) is 0 Å². The Morgan fingerprint density at radius 2 is 1.43 bits per heavy atom. The fourth-order valence-electron chi connectivity index (χ4n) is 1.96. The van der Waals surface area contributed by atoms with Crippen LogP contribution in [0.25, 0.3) is 0 Å². The number of ketones is 1. The summed E-state index contributed by atoms with van der Waals surface area (Å²) in [6.07, 6.45) is -0.347. The van der Waals surface area contributed by atoms with Crippen LogP contribution in [0.3, 0.4) is 0 Å². The average molecular weight is 328 g/mol. The third kappa shape index (κ3) is 5.41. The number of rotatable bonds is 5. The summed E-state index contributed by atoms with van der Waals surface area (Å²) in [6.45, 7) is 0. The minimum atomic E-state index is -4.59. The van der Waals surface area contributed by atoms with Gasteiger partial charge in [0.05, 0.1) is 5.25 Å². The van der Waals surface area contributed by atoms with E-state index in [0.29, 0.717) is 11.1 Å². The first-order valence-corrected chi connectivity index (χ1v) is 7.53. The van der Waals surface area contributed by atoms with Gasteiger partial charge in [-0.05, 0) is 5.56 Å². The first kappa shape index (κ1) is 18.7. The zero-order chi connectivity index (χ0) is 14.6. The zero-order valence-corrected chi connectivity index (χ0v) is 15.5. The van der Waals surface area contributed by atoms with Crippen LogP contribution in [0.2, 0.25) is 0 Å². The van der Waals surface area contributed by atoms with E-state index in [4.69, 9.17) is 0 Å². The quantitative estimate of drug-likeness (QED) is 0.423. The van der Waals surface area contributed by atoms with Gasteiger partial charge in [0.25, 0.3) is 0 Å². The Kier molecular flexibility index (Phi) is 7.42. The van der Waals surface area contributed by atoms with E-state index < -0.39 is 15.4 Å². The third-order valence-electron chi connectivity index (χ3n) is 2.99. The SMILES string of the molecule is O=C(C[C@H](c1ccccc1)S(=O)(=O)[O-])c1ccccc1.[K+]. The summed E-state index contributed by atoms with van der Waals surface area (Å²) in [5.41, 5.74) is 0.740. The maximum Gasteiger partial charge on any atom is 1.00 e. The van der Waals surface area contributed by atoms with Crippen molar-refractivity contribution >= 4 is 15.9 Å². The van der Waals surface area contributed by atoms with Crippen molar-refractivity contribution in [1.29, 1.82) is 0 Å². The molecule has 0 aliphatic heterocycles. The molecule has 6 heteroatoms. The fourth-order valence-corrected chi connectivity index (χ4v) is 2.81. The van der Waals surface area contributed by atoms with Crippen LogP contribution in [0.5, 0.6) is 0 Å². The Hall–Kier alpha value is -0.344. The van der Waals surface area contributed by atoms with Crippen LogP contribution in [0.1, 0.15) is 27.6 Å². The maximum absolute atomic E-state index is 12.1. The van der Waals surface area contributed by atoms with Crippen LogP contribution < -0.4 is 51.4 Å². The molecule has 0 N–H and O–H groups in total. The van der Waals surface area contributed by atoms with Gasteiger partial charge in [-0.2, -0.15) is 0 Å². The first-order chi connectivity index (χ1) is 9.48. The van der Waals surface area contributed by atoms with E-state index in [0.717, 1.165) is 0 Å². The van der Waals surface area contributed by atoms with Crippen LogP contribution in [0.4, 0.5) is 0 Å². The predicted octanol–water partition coefficient (Wildman–Crippen LogP) is -0.450. The normalized spacial score (nSPS) is 12.2. The van der Waals surface area contributed by atoms with E-state index in [2.05, 4.69) is 0 Å². The second kappa shape index (κ2) is 8.33. The van der Waals surface area contributed by atoms with Crippen molar-refractivity contribution in [2.24, 2.45) is 0 Å². The minimum absolute atomic E-state index is 0. The minimum Gasteiger partial charge on any atom is -0.747 e. The molecule has 0 radical (unpaired) electrons. The van der Waals surface area contributed by atoms with Crippen molar-refractivity contribution in [3.63, 3.8) is 0 Å². The summed E-state index contributed by atoms with van der Waals surface area (Å²) in [5, 5.41) is -1.35. The second-order valence-electron chi connectivity index (χ2n) is 4.39. The molecule has 0 aliphatic rings. The third-order valence-corrected chi connectivity index (χ3v) is 4.12. The molecular weight excluding hydrogens is 315 g/mol. The van der Waals surface area contributed by atoms with Crippen LogP contribution in [0, 0.1) is 0 Å². The van der Waals surface area contributed by atoms with E-state index in [1.807, 2.05) is 0 Å². The molecule has 4 nitrogen and oxygen atoms in total. The van der Waals surface area contributed by atoms with Gasteiger partial charge in [0.2, 0.25) is 0 Å².